The van der Waals surface area contributed by atoms with Crippen LogP contribution in [0.5, 0.6) is 5.75 Å². The van der Waals surface area contributed by atoms with Crippen LogP contribution >= 0.6 is 22.7 Å². The van der Waals surface area contributed by atoms with Crippen molar-refractivity contribution in [2.45, 2.75) is 46.6 Å². The maximum Gasteiger partial charge on any atom is 0.341 e. The van der Waals surface area contributed by atoms with E-state index in [1.807, 2.05) is 25.3 Å². The number of hydrogen-bond donors (Lipinski definition) is 1. The van der Waals surface area contributed by atoms with Gasteiger partial charge in [-0.15, -0.1) is 22.7 Å². The zero-order valence-electron chi connectivity index (χ0n) is 18.1. The fourth-order valence-electron chi connectivity index (χ4n) is 4.10. The summed E-state index contributed by atoms with van der Waals surface area (Å²) in [6.45, 7) is 6.55. The minimum absolute atomic E-state index is 0.218. The second kappa shape index (κ2) is 8.85. The lowest BCUT2D eigenvalue weighted by atomic mass is 10.1. The van der Waals surface area contributed by atoms with Gasteiger partial charge in [0.05, 0.1) is 17.6 Å². The monoisotopic (exact) mass is 455 g/mol. The minimum Gasteiger partial charge on any atom is -0.488 e. The Hall–Kier alpha value is -2.64. The summed E-state index contributed by atoms with van der Waals surface area (Å²) in [5.74, 6) is 0.279. The van der Waals surface area contributed by atoms with Crippen molar-refractivity contribution in [2.24, 2.45) is 0 Å². The number of rotatable bonds is 6. The van der Waals surface area contributed by atoms with E-state index in [1.54, 1.807) is 0 Å². The zero-order chi connectivity index (χ0) is 22.1. The zero-order valence-corrected chi connectivity index (χ0v) is 19.7. The van der Waals surface area contributed by atoms with Gasteiger partial charge in [0.15, 0.2) is 0 Å². The van der Waals surface area contributed by atoms with E-state index in [4.69, 9.17) is 9.47 Å². The summed E-state index contributed by atoms with van der Waals surface area (Å²) >= 11 is 2.85. The predicted octanol–water partition coefficient (Wildman–Crippen LogP) is 5.84. The third-order valence-corrected chi connectivity index (χ3v) is 7.59. The summed E-state index contributed by atoms with van der Waals surface area (Å²) in [5, 5.41) is 5.45. The van der Waals surface area contributed by atoms with Crippen LogP contribution in [0.1, 0.15) is 59.1 Å². The molecule has 3 aromatic rings. The van der Waals surface area contributed by atoms with E-state index in [1.165, 1.54) is 40.2 Å². The second-order valence-corrected chi connectivity index (χ2v) is 9.86. The number of esters is 1. The highest BCUT2D eigenvalue weighted by atomic mass is 32.1. The summed E-state index contributed by atoms with van der Waals surface area (Å²) in [6.07, 6.45) is 2.83. The Kier molecular flexibility index (Phi) is 6.16. The van der Waals surface area contributed by atoms with Gasteiger partial charge >= 0.3 is 5.97 Å². The summed E-state index contributed by atoms with van der Waals surface area (Å²) < 4.78 is 11.0. The second-order valence-electron chi connectivity index (χ2n) is 7.84. The van der Waals surface area contributed by atoms with Gasteiger partial charge in [-0.25, -0.2) is 4.79 Å². The van der Waals surface area contributed by atoms with E-state index in [0.29, 0.717) is 22.0 Å². The van der Waals surface area contributed by atoms with Crippen molar-refractivity contribution in [3.05, 3.63) is 66.7 Å². The van der Waals surface area contributed by atoms with Crippen LogP contribution in [0.3, 0.4) is 0 Å². The van der Waals surface area contributed by atoms with Crippen LogP contribution in [0.25, 0.3) is 0 Å². The lowest BCUT2D eigenvalue weighted by Gasteiger charge is -2.12. The highest BCUT2D eigenvalue weighted by Crippen LogP contribution is 2.39. The number of carbonyl (C=O) groups excluding carboxylic acids is 2. The molecule has 1 amide bonds. The number of benzene rings is 1. The molecule has 1 aliphatic rings. The molecule has 4 rings (SSSR count). The molecule has 0 saturated heterocycles. The third kappa shape index (κ3) is 4.38. The molecule has 2 heterocycles. The van der Waals surface area contributed by atoms with Gasteiger partial charge in [0, 0.05) is 10.4 Å². The lowest BCUT2D eigenvalue weighted by Crippen LogP contribution is -2.13. The lowest BCUT2D eigenvalue weighted by molar-refractivity contribution is 0.0601. The first-order valence-corrected chi connectivity index (χ1v) is 11.9. The average Bonchev–Trinajstić information content (AvgIpc) is 3.42. The number of thiophene rings is 2. The highest BCUT2D eigenvalue weighted by Gasteiger charge is 2.28. The molecule has 2 aromatic heterocycles. The van der Waals surface area contributed by atoms with Crippen LogP contribution in [0, 0.1) is 20.8 Å². The molecule has 162 valence electrons. The molecule has 0 bridgehead atoms. The molecule has 31 heavy (non-hydrogen) atoms. The van der Waals surface area contributed by atoms with Crippen molar-refractivity contribution in [3.8, 4) is 5.75 Å². The molecular formula is C24H25NO4S2. The normalized spacial score (nSPS) is 12.5. The van der Waals surface area contributed by atoms with E-state index >= 15 is 0 Å². The summed E-state index contributed by atoms with van der Waals surface area (Å²) in [5.41, 5.74) is 5.90. The topological polar surface area (TPSA) is 64.6 Å². The standard InChI is InChI=1S/C24H25NO4S2/c1-13-8-14(2)21(15(3)9-13)29-11-16-10-19(30-12-16)22(26)25-23-20(24(27)28-4)17-6-5-7-18(17)31-23/h8-10,12H,5-7,11H2,1-4H3,(H,25,26). The molecule has 7 heteroatoms. The molecule has 0 radical (unpaired) electrons. The van der Waals surface area contributed by atoms with Crippen molar-refractivity contribution in [3.63, 3.8) is 0 Å². The van der Waals surface area contributed by atoms with E-state index in [2.05, 4.69) is 24.4 Å². The number of aryl methyl sites for hydroxylation is 4. The number of anilines is 1. The van der Waals surface area contributed by atoms with Crippen molar-refractivity contribution >= 4 is 39.6 Å². The number of amides is 1. The molecule has 0 fully saturated rings. The third-order valence-electron chi connectivity index (χ3n) is 5.40. The Bertz CT molecular complexity index is 1140. The van der Waals surface area contributed by atoms with Crippen molar-refractivity contribution in [2.75, 3.05) is 12.4 Å². The van der Waals surface area contributed by atoms with Crippen molar-refractivity contribution in [1.29, 1.82) is 0 Å². The molecule has 0 atom stereocenters. The first-order chi connectivity index (χ1) is 14.9. The Morgan fingerprint density at radius 2 is 1.84 bits per heavy atom. The molecular weight excluding hydrogens is 430 g/mol. The molecule has 1 aromatic carbocycles. The maximum atomic E-state index is 12.9. The minimum atomic E-state index is -0.390. The Balaban J connectivity index is 1.47. The van der Waals surface area contributed by atoms with Gasteiger partial charge in [0.2, 0.25) is 0 Å². The SMILES string of the molecule is COC(=O)c1c(NC(=O)c2cc(COc3c(C)cc(C)cc3C)cs2)sc2c1CCC2. The van der Waals surface area contributed by atoms with Crippen LogP contribution in [0.4, 0.5) is 5.00 Å². The van der Waals surface area contributed by atoms with Crippen molar-refractivity contribution < 1.29 is 19.1 Å². The fourth-order valence-corrected chi connectivity index (χ4v) is 6.16. The van der Waals surface area contributed by atoms with Crippen LogP contribution in [-0.2, 0) is 24.2 Å². The van der Waals surface area contributed by atoms with E-state index in [0.717, 1.165) is 47.3 Å². The fraction of sp³-hybridized carbons (Fsp3) is 0.333. The maximum absolute atomic E-state index is 12.9. The largest absolute Gasteiger partial charge is 0.488 e. The summed E-state index contributed by atoms with van der Waals surface area (Å²) in [4.78, 5) is 26.9. The summed E-state index contributed by atoms with van der Waals surface area (Å²) in [6, 6.07) is 6.05. The Labute approximate surface area is 190 Å². The van der Waals surface area contributed by atoms with Crippen LogP contribution in [0.2, 0.25) is 0 Å². The van der Waals surface area contributed by atoms with Crippen LogP contribution in [-0.4, -0.2) is 19.0 Å². The molecule has 1 aliphatic carbocycles. The molecule has 1 N–H and O–H groups in total. The van der Waals surface area contributed by atoms with E-state index < -0.39 is 0 Å². The summed E-state index contributed by atoms with van der Waals surface area (Å²) in [7, 11) is 1.37. The van der Waals surface area contributed by atoms with Gasteiger partial charge in [-0.05, 0) is 68.2 Å². The number of nitrogens with one attached hydrogen (secondary N) is 1. The predicted molar refractivity (Wildman–Crippen MR) is 125 cm³/mol. The number of carbonyl (C=O) groups is 2. The first-order valence-electron chi connectivity index (χ1n) is 10.2. The number of methoxy groups -OCH3 is 1. The average molecular weight is 456 g/mol. The van der Waals surface area contributed by atoms with Crippen LogP contribution < -0.4 is 10.1 Å². The van der Waals surface area contributed by atoms with Gasteiger partial charge < -0.3 is 14.8 Å². The van der Waals surface area contributed by atoms with Crippen LogP contribution in [0.15, 0.2) is 23.6 Å². The highest BCUT2D eigenvalue weighted by molar-refractivity contribution is 7.17. The molecule has 5 nitrogen and oxygen atoms in total. The number of ether oxygens (including phenoxy) is 2. The molecule has 0 saturated carbocycles. The Morgan fingerprint density at radius 1 is 1.10 bits per heavy atom. The molecule has 0 aliphatic heterocycles. The van der Waals surface area contributed by atoms with Crippen molar-refractivity contribution in [1.82, 2.24) is 0 Å². The number of fused-ring (bicyclic) bond motifs is 1. The van der Waals surface area contributed by atoms with Gasteiger partial charge in [-0.2, -0.15) is 0 Å². The smallest absolute Gasteiger partial charge is 0.341 e. The van der Waals surface area contributed by atoms with Gasteiger partial charge in [0.25, 0.3) is 5.91 Å². The van der Waals surface area contributed by atoms with E-state index in [9.17, 15) is 9.59 Å². The van der Waals surface area contributed by atoms with Gasteiger partial charge in [0.1, 0.15) is 17.4 Å². The van der Waals surface area contributed by atoms with Gasteiger partial charge in [-0.3, -0.25) is 4.79 Å². The van der Waals surface area contributed by atoms with Gasteiger partial charge in [-0.1, -0.05) is 17.7 Å². The quantitative estimate of drug-likeness (QED) is 0.474. The molecule has 0 unspecified atom stereocenters. The van der Waals surface area contributed by atoms with E-state index in [-0.39, 0.29) is 11.9 Å². The number of hydrogen-bond acceptors (Lipinski definition) is 6. The Morgan fingerprint density at radius 3 is 2.55 bits per heavy atom. The first kappa shape index (κ1) is 21.6. The molecule has 0 spiro atoms.